The van der Waals surface area contributed by atoms with Gasteiger partial charge in [0.1, 0.15) is 0 Å². The van der Waals surface area contributed by atoms with E-state index >= 15 is 0 Å². The normalized spacial score (nSPS) is 14.4. The number of nitrogens with zero attached hydrogens (tertiary/aromatic N) is 1. The van der Waals surface area contributed by atoms with E-state index in [9.17, 15) is 18.0 Å². The van der Waals surface area contributed by atoms with Gasteiger partial charge in [0.25, 0.3) is 15.6 Å². The number of nitrogens with one attached hydrogen (secondary N) is 2. The molecule has 0 atom stereocenters. The lowest BCUT2D eigenvalue weighted by atomic mass is 10.0. The summed E-state index contributed by atoms with van der Waals surface area (Å²) >= 11 is 0. The molecule has 1 aliphatic rings. The van der Waals surface area contributed by atoms with Crippen molar-refractivity contribution >= 4 is 26.6 Å². The van der Waals surface area contributed by atoms with Crippen LogP contribution in [0.25, 0.3) is 10.9 Å². The molecule has 0 fully saturated rings. The van der Waals surface area contributed by atoms with E-state index in [1.807, 2.05) is 25.1 Å². The zero-order chi connectivity index (χ0) is 18.5. The zero-order valence-corrected chi connectivity index (χ0v) is 14.9. The number of aromatic nitrogens is 2. The van der Waals surface area contributed by atoms with Crippen molar-refractivity contribution in [1.29, 1.82) is 0 Å². The Hall–Kier alpha value is -2.87. The van der Waals surface area contributed by atoms with E-state index in [-0.39, 0.29) is 10.3 Å². The molecular weight excluding hydrogens is 354 g/mol. The molecule has 0 bridgehead atoms. The Bertz CT molecular complexity index is 1240. The maximum atomic E-state index is 13.2. The number of H-pyrrole nitrogens is 2. The highest BCUT2D eigenvalue weighted by Gasteiger charge is 2.29. The highest BCUT2D eigenvalue weighted by atomic mass is 32.2. The van der Waals surface area contributed by atoms with Gasteiger partial charge in [0.05, 0.1) is 21.5 Å². The molecule has 2 heterocycles. The van der Waals surface area contributed by atoms with Crippen LogP contribution < -0.4 is 15.6 Å². The van der Waals surface area contributed by atoms with Crippen LogP contribution in [-0.2, 0) is 16.4 Å². The summed E-state index contributed by atoms with van der Waals surface area (Å²) in [4.78, 5) is 28.0. The molecule has 0 aliphatic carbocycles. The van der Waals surface area contributed by atoms with Crippen LogP contribution in [0.2, 0.25) is 0 Å². The first-order valence-electron chi connectivity index (χ1n) is 8.25. The predicted molar refractivity (Wildman–Crippen MR) is 99.2 cm³/mol. The maximum Gasteiger partial charge on any atom is 0.326 e. The summed E-state index contributed by atoms with van der Waals surface area (Å²) in [6.45, 7) is 2.36. The van der Waals surface area contributed by atoms with Gasteiger partial charge < -0.3 is 4.98 Å². The predicted octanol–water partition coefficient (Wildman–Crippen LogP) is 1.67. The molecule has 0 saturated carbocycles. The van der Waals surface area contributed by atoms with Gasteiger partial charge in [0.2, 0.25) is 0 Å². The second-order valence-electron chi connectivity index (χ2n) is 6.43. The summed E-state index contributed by atoms with van der Waals surface area (Å²) < 4.78 is 27.8. The van der Waals surface area contributed by atoms with E-state index in [0.717, 1.165) is 24.0 Å². The van der Waals surface area contributed by atoms with Gasteiger partial charge >= 0.3 is 5.69 Å². The Kier molecular flexibility index (Phi) is 3.73. The number of sulfonamides is 1. The largest absolute Gasteiger partial charge is 0.326 e. The minimum atomic E-state index is -3.82. The van der Waals surface area contributed by atoms with Crippen LogP contribution in [0, 0.1) is 6.92 Å². The van der Waals surface area contributed by atoms with Crippen LogP contribution in [-0.4, -0.2) is 24.9 Å². The second-order valence-corrected chi connectivity index (χ2v) is 8.29. The van der Waals surface area contributed by atoms with Crippen molar-refractivity contribution < 1.29 is 8.42 Å². The van der Waals surface area contributed by atoms with Crippen LogP contribution in [0.1, 0.15) is 17.5 Å². The number of anilines is 1. The molecule has 134 valence electrons. The fourth-order valence-corrected chi connectivity index (χ4v) is 4.94. The van der Waals surface area contributed by atoms with Gasteiger partial charge in [0.15, 0.2) is 0 Å². The van der Waals surface area contributed by atoms with Crippen LogP contribution >= 0.6 is 0 Å². The van der Waals surface area contributed by atoms with E-state index in [2.05, 4.69) is 9.97 Å². The Morgan fingerprint density at radius 2 is 1.85 bits per heavy atom. The summed E-state index contributed by atoms with van der Waals surface area (Å²) in [7, 11) is -3.82. The molecule has 2 N–H and O–H groups in total. The fraction of sp³-hybridized carbons (Fsp3) is 0.222. The van der Waals surface area contributed by atoms with E-state index in [1.54, 1.807) is 0 Å². The van der Waals surface area contributed by atoms with Gasteiger partial charge in [-0.15, -0.1) is 0 Å². The van der Waals surface area contributed by atoms with E-state index < -0.39 is 21.3 Å². The molecule has 7 nitrogen and oxygen atoms in total. The van der Waals surface area contributed by atoms with Crippen molar-refractivity contribution in [3.05, 3.63) is 68.4 Å². The number of aromatic amines is 2. The molecular formula is C18H17N3O4S. The summed E-state index contributed by atoms with van der Waals surface area (Å²) in [5, 5.41) is 0.131. The average molecular weight is 371 g/mol. The monoisotopic (exact) mass is 371 g/mol. The average Bonchev–Trinajstić information content (AvgIpc) is 2.60. The summed E-state index contributed by atoms with van der Waals surface area (Å²) in [5.41, 5.74) is 1.82. The lowest BCUT2D eigenvalue weighted by Gasteiger charge is -2.30. The molecule has 3 aromatic rings. The van der Waals surface area contributed by atoms with Crippen molar-refractivity contribution in [2.75, 3.05) is 10.8 Å². The number of fused-ring (bicyclic) bond motifs is 2. The van der Waals surface area contributed by atoms with Crippen molar-refractivity contribution in [2.45, 2.75) is 24.7 Å². The number of rotatable bonds is 2. The smallest absolute Gasteiger partial charge is 0.307 e. The van der Waals surface area contributed by atoms with Crippen molar-refractivity contribution in [3.8, 4) is 0 Å². The first-order chi connectivity index (χ1) is 12.4. The van der Waals surface area contributed by atoms with Crippen molar-refractivity contribution in [2.24, 2.45) is 0 Å². The Labute approximate surface area is 149 Å². The van der Waals surface area contributed by atoms with Gasteiger partial charge in [-0.05, 0) is 49.6 Å². The number of hydrogen-bond acceptors (Lipinski definition) is 4. The van der Waals surface area contributed by atoms with Crippen molar-refractivity contribution in [1.82, 2.24) is 9.97 Å². The SMILES string of the molecule is Cc1ccc2c(c1)CCCN2S(=O)(=O)c1ccc2[nH]c(=O)[nH]c(=O)c2c1. The van der Waals surface area contributed by atoms with Gasteiger partial charge in [-0.3, -0.25) is 14.1 Å². The molecule has 2 aromatic carbocycles. The first kappa shape index (κ1) is 16.6. The van der Waals surface area contributed by atoms with E-state index in [4.69, 9.17) is 0 Å². The van der Waals surface area contributed by atoms with Gasteiger partial charge in [-0.25, -0.2) is 13.2 Å². The Morgan fingerprint density at radius 1 is 1.04 bits per heavy atom. The van der Waals surface area contributed by atoms with Crippen LogP contribution in [0.15, 0.2) is 50.9 Å². The fourth-order valence-electron chi connectivity index (χ4n) is 3.37. The van der Waals surface area contributed by atoms with Gasteiger partial charge in [-0.2, -0.15) is 0 Å². The van der Waals surface area contributed by atoms with Crippen molar-refractivity contribution in [3.63, 3.8) is 0 Å². The molecule has 0 saturated heterocycles. The molecule has 0 amide bonds. The van der Waals surface area contributed by atoms with Crippen LogP contribution in [0.5, 0.6) is 0 Å². The minimum absolute atomic E-state index is 0.0240. The number of benzene rings is 2. The second kappa shape index (κ2) is 5.84. The van der Waals surface area contributed by atoms with Gasteiger partial charge in [0, 0.05) is 6.54 Å². The topological polar surface area (TPSA) is 103 Å². The van der Waals surface area contributed by atoms with E-state index in [0.29, 0.717) is 17.7 Å². The molecule has 26 heavy (non-hydrogen) atoms. The standard InChI is InChI=1S/C18H17N3O4S/c1-11-4-7-16-12(9-11)3-2-8-21(16)26(24,25)13-5-6-15-14(10-13)17(22)20-18(23)19-15/h4-7,9-10H,2-3,8H2,1H3,(H2,19,20,22,23). The third-order valence-electron chi connectivity index (χ3n) is 4.61. The highest BCUT2D eigenvalue weighted by molar-refractivity contribution is 7.92. The summed E-state index contributed by atoms with van der Waals surface area (Å²) in [6.07, 6.45) is 1.57. The molecule has 0 radical (unpaired) electrons. The maximum absolute atomic E-state index is 13.2. The molecule has 0 unspecified atom stereocenters. The Morgan fingerprint density at radius 3 is 2.65 bits per heavy atom. The van der Waals surface area contributed by atoms with Crippen LogP contribution in [0.4, 0.5) is 5.69 Å². The molecule has 8 heteroatoms. The van der Waals surface area contributed by atoms with Gasteiger partial charge in [-0.1, -0.05) is 17.7 Å². The highest BCUT2D eigenvalue weighted by Crippen LogP contribution is 2.32. The Balaban J connectivity index is 1.87. The molecule has 1 aromatic heterocycles. The lowest BCUT2D eigenvalue weighted by Crippen LogP contribution is -2.35. The summed E-state index contributed by atoms with van der Waals surface area (Å²) in [5.74, 6) is 0. The number of hydrogen-bond donors (Lipinski definition) is 2. The number of aryl methyl sites for hydroxylation is 2. The first-order valence-corrected chi connectivity index (χ1v) is 9.69. The molecule has 1 aliphatic heterocycles. The minimum Gasteiger partial charge on any atom is -0.307 e. The lowest BCUT2D eigenvalue weighted by molar-refractivity contribution is 0.586. The quantitative estimate of drug-likeness (QED) is 0.715. The third-order valence-corrected chi connectivity index (χ3v) is 6.42. The van der Waals surface area contributed by atoms with Crippen LogP contribution in [0.3, 0.4) is 0 Å². The molecule has 4 rings (SSSR count). The van der Waals surface area contributed by atoms with E-state index in [1.165, 1.54) is 22.5 Å². The zero-order valence-electron chi connectivity index (χ0n) is 14.1. The summed E-state index contributed by atoms with van der Waals surface area (Å²) in [6, 6.07) is 9.89. The third kappa shape index (κ3) is 2.62. The molecule has 0 spiro atoms.